The highest BCUT2D eigenvalue weighted by Crippen LogP contribution is 2.33. The van der Waals surface area contributed by atoms with Crippen LogP contribution in [-0.4, -0.2) is 48.4 Å². The molecule has 3 amide bonds. The molecular weight excluding hydrogens is 508 g/mol. The van der Waals surface area contributed by atoms with Crippen LogP contribution in [0.2, 0.25) is 0 Å². The minimum atomic E-state index is -0.212. The number of rotatable bonds is 12. The van der Waals surface area contributed by atoms with Crippen LogP contribution < -0.4 is 25.8 Å². The third-order valence-corrected chi connectivity index (χ3v) is 6.91. The first-order valence-electron chi connectivity index (χ1n) is 13.7. The SMILES string of the molecule is NCCCCCOc1ccc(NC(=O)c2ccc(CN(C(=O)c3ccc4c(c3)OCC(=O)N4)C3CC3)cc2)cc1. The van der Waals surface area contributed by atoms with Gasteiger partial charge in [0.1, 0.15) is 11.5 Å². The third kappa shape index (κ3) is 6.98. The number of benzene rings is 3. The molecule has 40 heavy (non-hydrogen) atoms. The van der Waals surface area contributed by atoms with Crippen LogP contribution in [0.1, 0.15) is 58.4 Å². The lowest BCUT2D eigenvalue weighted by Crippen LogP contribution is -2.33. The number of amides is 3. The van der Waals surface area contributed by atoms with Crippen LogP contribution in [0.25, 0.3) is 0 Å². The van der Waals surface area contributed by atoms with E-state index in [2.05, 4.69) is 10.6 Å². The third-order valence-electron chi connectivity index (χ3n) is 6.91. The highest BCUT2D eigenvalue weighted by atomic mass is 16.5. The second-order valence-corrected chi connectivity index (χ2v) is 10.1. The molecule has 1 heterocycles. The molecule has 0 radical (unpaired) electrons. The lowest BCUT2D eigenvalue weighted by Gasteiger charge is -2.24. The van der Waals surface area contributed by atoms with Crippen LogP contribution >= 0.6 is 0 Å². The van der Waals surface area contributed by atoms with Crippen LogP contribution in [0.3, 0.4) is 0 Å². The molecule has 9 heteroatoms. The smallest absolute Gasteiger partial charge is 0.262 e. The van der Waals surface area contributed by atoms with Crippen molar-refractivity contribution in [3.63, 3.8) is 0 Å². The molecule has 5 rings (SSSR count). The highest BCUT2D eigenvalue weighted by Gasteiger charge is 2.33. The molecule has 0 saturated heterocycles. The molecule has 1 saturated carbocycles. The molecule has 0 bridgehead atoms. The van der Waals surface area contributed by atoms with Crippen molar-refractivity contribution in [2.24, 2.45) is 5.73 Å². The van der Waals surface area contributed by atoms with Crippen molar-refractivity contribution in [3.8, 4) is 11.5 Å². The molecule has 0 atom stereocenters. The van der Waals surface area contributed by atoms with Crippen molar-refractivity contribution in [2.75, 3.05) is 30.4 Å². The highest BCUT2D eigenvalue weighted by molar-refractivity contribution is 6.04. The fourth-order valence-electron chi connectivity index (χ4n) is 4.54. The van der Waals surface area contributed by atoms with Gasteiger partial charge in [0.05, 0.1) is 12.3 Å². The maximum absolute atomic E-state index is 13.4. The molecule has 208 valence electrons. The number of carbonyl (C=O) groups is 3. The number of ether oxygens (including phenoxy) is 2. The summed E-state index contributed by atoms with van der Waals surface area (Å²) in [5, 5.41) is 5.66. The number of carbonyl (C=O) groups excluding carboxylic acids is 3. The molecule has 0 spiro atoms. The molecule has 2 aliphatic rings. The predicted molar refractivity (Wildman–Crippen MR) is 153 cm³/mol. The number of nitrogens with two attached hydrogens (primary N) is 1. The minimum absolute atomic E-state index is 0.0629. The van der Waals surface area contributed by atoms with Gasteiger partial charge in [0.25, 0.3) is 17.7 Å². The van der Waals surface area contributed by atoms with Crippen LogP contribution in [-0.2, 0) is 11.3 Å². The summed E-state index contributed by atoms with van der Waals surface area (Å²) in [6.45, 7) is 1.72. The Balaban J connectivity index is 1.16. The maximum atomic E-state index is 13.4. The van der Waals surface area contributed by atoms with Gasteiger partial charge < -0.3 is 30.7 Å². The van der Waals surface area contributed by atoms with Crippen molar-refractivity contribution in [2.45, 2.75) is 44.7 Å². The summed E-state index contributed by atoms with van der Waals surface area (Å²) in [5.41, 5.74) is 8.74. The van der Waals surface area contributed by atoms with Crippen molar-refractivity contribution < 1.29 is 23.9 Å². The molecule has 1 fully saturated rings. The lowest BCUT2D eigenvalue weighted by atomic mass is 10.1. The second-order valence-electron chi connectivity index (χ2n) is 10.1. The molecule has 4 N–H and O–H groups in total. The number of hydrogen-bond acceptors (Lipinski definition) is 6. The van der Waals surface area contributed by atoms with Gasteiger partial charge in [-0.05, 0) is 98.8 Å². The number of nitrogens with one attached hydrogen (secondary N) is 2. The molecule has 3 aromatic carbocycles. The van der Waals surface area contributed by atoms with Gasteiger partial charge in [-0.25, -0.2) is 0 Å². The van der Waals surface area contributed by atoms with Gasteiger partial charge in [0.15, 0.2) is 6.61 Å². The molecule has 0 unspecified atom stereocenters. The Kier molecular flexibility index (Phi) is 8.61. The van der Waals surface area contributed by atoms with E-state index in [1.165, 1.54) is 0 Å². The lowest BCUT2D eigenvalue weighted by molar-refractivity contribution is -0.118. The number of anilines is 2. The summed E-state index contributed by atoms with van der Waals surface area (Å²) in [7, 11) is 0. The second kappa shape index (κ2) is 12.7. The molecule has 1 aliphatic heterocycles. The van der Waals surface area contributed by atoms with Gasteiger partial charge in [0, 0.05) is 29.4 Å². The topological polar surface area (TPSA) is 123 Å². The minimum Gasteiger partial charge on any atom is -0.494 e. The Morgan fingerprint density at radius 3 is 2.45 bits per heavy atom. The van der Waals surface area contributed by atoms with Gasteiger partial charge in [-0.1, -0.05) is 12.1 Å². The Bertz CT molecular complexity index is 1350. The van der Waals surface area contributed by atoms with Gasteiger partial charge in [-0.2, -0.15) is 0 Å². The van der Waals surface area contributed by atoms with Crippen molar-refractivity contribution in [1.82, 2.24) is 4.90 Å². The Labute approximate surface area is 233 Å². The zero-order valence-corrected chi connectivity index (χ0v) is 22.4. The summed E-state index contributed by atoms with van der Waals surface area (Å²) in [6.07, 6.45) is 4.93. The zero-order valence-electron chi connectivity index (χ0n) is 22.4. The first-order valence-corrected chi connectivity index (χ1v) is 13.7. The van der Waals surface area contributed by atoms with E-state index in [-0.39, 0.29) is 30.4 Å². The first kappa shape index (κ1) is 27.2. The molecular formula is C31H34N4O5. The van der Waals surface area contributed by atoms with E-state index in [4.69, 9.17) is 15.2 Å². The van der Waals surface area contributed by atoms with E-state index in [0.29, 0.717) is 47.9 Å². The van der Waals surface area contributed by atoms with E-state index in [1.807, 2.05) is 41.3 Å². The van der Waals surface area contributed by atoms with Crippen molar-refractivity contribution in [1.29, 1.82) is 0 Å². The molecule has 0 aromatic heterocycles. The Hall–Kier alpha value is -4.37. The van der Waals surface area contributed by atoms with E-state index in [0.717, 1.165) is 43.4 Å². The monoisotopic (exact) mass is 542 g/mol. The predicted octanol–water partition coefficient (Wildman–Crippen LogP) is 4.58. The fraction of sp³-hybridized carbons (Fsp3) is 0.323. The van der Waals surface area contributed by atoms with Gasteiger partial charge in [0.2, 0.25) is 0 Å². The normalized spacial score (nSPS) is 14.0. The van der Waals surface area contributed by atoms with Gasteiger partial charge in [-0.3, -0.25) is 14.4 Å². The Morgan fingerprint density at radius 2 is 1.73 bits per heavy atom. The summed E-state index contributed by atoms with van der Waals surface area (Å²) in [4.78, 5) is 39.6. The van der Waals surface area contributed by atoms with E-state index in [1.54, 1.807) is 30.3 Å². The largest absolute Gasteiger partial charge is 0.494 e. The number of nitrogens with zero attached hydrogens (tertiary/aromatic N) is 1. The quantitative estimate of drug-likeness (QED) is 0.288. The summed E-state index contributed by atoms with van der Waals surface area (Å²) >= 11 is 0. The van der Waals surface area contributed by atoms with Crippen molar-refractivity contribution >= 4 is 29.1 Å². The molecule has 3 aromatic rings. The standard InChI is InChI=1S/C31H34N4O5/c32-16-2-1-3-17-39-26-13-9-24(10-14-26)33-30(37)22-6-4-21(5-7-22)19-35(25-11-12-25)31(38)23-8-15-27-28(18-23)40-20-29(36)34-27/h4-10,13-15,18,25H,1-3,11-12,16-17,19-20,32H2,(H,33,37)(H,34,36). The maximum Gasteiger partial charge on any atom is 0.262 e. The number of hydrogen-bond donors (Lipinski definition) is 3. The van der Waals surface area contributed by atoms with Gasteiger partial charge in [-0.15, -0.1) is 0 Å². The summed E-state index contributed by atoms with van der Waals surface area (Å²) < 4.78 is 11.2. The van der Waals surface area contributed by atoms with Crippen LogP contribution in [0.5, 0.6) is 11.5 Å². The average Bonchev–Trinajstić information content (AvgIpc) is 3.82. The van der Waals surface area contributed by atoms with Crippen LogP contribution in [0.4, 0.5) is 11.4 Å². The Morgan fingerprint density at radius 1 is 0.975 bits per heavy atom. The summed E-state index contributed by atoms with van der Waals surface area (Å²) in [5.74, 6) is 0.751. The van der Waals surface area contributed by atoms with E-state index >= 15 is 0 Å². The molecule has 1 aliphatic carbocycles. The molecule has 9 nitrogen and oxygen atoms in total. The van der Waals surface area contributed by atoms with E-state index in [9.17, 15) is 14.4 Å². The van der Waals surface area contributed by atoms with Gasteiger partial charge >= 0.3 is 0 Å². The van der Waals surface area contributed by atoms with Crippen molar-refractivity contribution in [3.05, 3.63) is 83.4 Å². The zero-order chi connectivity index (χ0) is 27.9. The van der Waals surface area contributed by atoms with Crippen LogP contribution in [0, 0.1) is 0 Å². The summed E-state index contributed by atoms with van der Waals surface area (Å²) in [6, 6.07) is 19.9. The van der Waals surface area contributed by atoms with Crippen LogP contribution in [0.15, 0.2) is 66.7 Å². The fourth-order valence-corrected chi connectivity index (χ4v) is 4.54. The van der Waals surface area contributed by atoms with E-state index < -0.39 is 0 Å². The first-order chi connectivity index (χ1) is 19.5. The average molecular weight is 543 g/mol. The number of unbranched alkanes of at least 4 members (excludes halogenated alkanes) is 2. The number of fused-ring (bicyclic) bond motifs is 1.